The number of esters is 1. The van der Waals surface area contributed by atoms with Crippen LogP contribution in [0.15, 0.2) is 89.5 Å². The maximum absolute atomic E-state index is 13.8. The van der Waals surface area contributed by atoms with Crippen molar-refractivity contribution >= 4 is 11.7 Å². The normalized spacial score (nSPS) is 22.5. The molecule has 9 heteroatoms. The topological polar surface area (TPSA) is 77.2 Å². The van der Waals surface area contributed by atoms with Gasteiger partial charge in [0.05, 0.1) is 13.1 Å². The molecule has 39 heavy (non-hydrogen) atoms. The van der Waals surface area contributed by atoms with Crippen molar-refractivity contribution in [1.29, 1.82) is 0 Å². The van der Waals surface area contributed by atoms with Gasteiger partial charge in [0, 0.05) is 30.0 Å². The van der Waals surface area contributed by atoms with Crippen molar-refractivity contribution < 1.29 is 35.3 Å². The predicted molar refractivity (Wildman–Crippen MR) is 140 cm³/mol. The van der Waals surface area contributed by atoms with Crippen LogP contribution in [0.1, 0.15) is 30.3 Å². The Labute approximate surface area is 233 Å². The molecule has 2 atom stereocenters. The molecule has 0 spiro atoms. The Kier molecular flexibility index (Phi) is 7.95. The van der Waals surface area contributed by atoms with Gasteiger partial charge in [0.2, 0.25) is 5.82 Å². The molecule has 4 aromatic rings. The lowest BCUT2D eigenvalue weighted by Crippen LogP contribution is -3.00. The maximum atomic E-state index is 13.8. The van der Waals surface area contributed by atoms with Gasteiger partial charge in [-0.25, -0.2) is 9.18 Å². The highest BCUT2D eigenvalue weighted by Crippen LogP contribution is 2.38. The summed E-state index contributed by atoms with van der Waals surface area (Å²) in [6, 6.07) is 24.5. The highest BCUT2D eigenvalue weighted by molar-refractivity contribution is 5.81. The summed E-state index contributed by atoms with van der Waals surface area (Å²) < 4.78 is 26.4. The van der Waals surface area contributed by atoms with Crippen molar-refractivity contribution in [2.75, 3.05) is 25.0 Å². The molecule has 3 aromatic carbocycles. The average Bonchev–Trinajstić information content (AvgIpc) is 3.41. The maximum Gasteiger partial charge on any atom is 0.333 e. The van der Waals surface area contributed by atoms with Gasteiger partial charge in [-0.05, 0) is 35.9 Å². The fraction of sp³-hybridized carbons (Fsp3) is 0.300. The number of piperidine rings is 3. The number of quaternary nitrogens is 1. The zero-order valence-electron chi connectivity index (χ0n) is 21.4. The van der Waals surface area contributed by atoms with Crippen LogP contribution in [0.4, 0.5) is 10.1 Å². The van der Waals surface area contributed by atoms with Gasteiger partial charge < -0.3 is 31.5 Å². The molecular formula is C30H30ClFN4O3. The molecule has 0 saturated carbocycles. The van der Waals surface area contributed by atoms with Crippen molar-refractivity contribution in [3.05, 3.63) is 102 Å². The summed E-state index contributed by atoms with van der Waals surface area (Å²) in [4.78, 5) is 18.2. The minimum absolute atomic E-state index is 0. The van der Waals surface area contributed by atoms with Gasteiger partial charge in [0.25, 0.3) is 5.89 Å². The predicted octanol–water partition coefficient (Wildman–Crippen LogP) is 2.39. The van der Waals surface area contributed by atoms with E-state index in [1.54, 1.807) is 12.1 Å². The van der Waals surface area contributed by atoms with E-state index in [9.17, 15) is 9.18 Å². The molecule has 0 radical (unpaired) electrons. The SMILES string of the molecule is O=C(O[C@H]1C[N+]2(Cc3noc(-c4ccccc4)n3)CCC1CC2)C(Nc1cccc(F)c1)c1ccccc1.[Cl-]. The van der Waals surface area contributed by atoms with Crippen LogP contribution in [0.3, 0.4) is 0 Å². The van der Waals surface area contributed by atoms with Crippen molar-refractivity contribution in [1.82, 2.24) is 10.1 Å². The summed E-state index contributed by atoms with van der Waals surface area (Å²) in [5.74, 6) is 0.792. The van der Waals surface area contributed by atoms with E-state index >= 15 is 0 Å². The molecule has 3 aliphatic heterocycles. The van der Waals surface area contributed by atoms with Crippen LogP contribution in [0.25, 0.3) is 11.5 Å². The standard InChI is InChI=1S/C30H30FN4O3.ClH/c31-24-12-7-13-25(18-24)32-28(22-8-3-1-4-9-22)30(36)37-26-19-35(16-14-21(26)15-17-35)20-27-33-29(38-34-27)23-10-5-2-6-11-23;/h1-13,18,21,26,28,32H,14-17,19-20H2;1H/q+1;/p-1/t21?,26-,28?,35?;/m0./s1. The zero-order chi connectivity index (χ0) is 26.0. The van der Waals surface area contributed by atoms with Crippen LogP contribution in [-0.4, -0.2) is 46.3 Å². The number of anilines is 1. The molecular weight excluding hydrogens is 519 g/mol. The molecule has 0 amide bonds. The van der Waals surface area contributed by atoms with Gasteiger partial charge in [-0.1, -0.05) is 59.8 Å². The molecule has 0 aliphatic carbocycles. The molecule has 3 aliphatic rings. The van der Waals surface area contributed by atoms with Gasteiger partial charge in [0.1, 0.15) is 18.9 Å². The first-order valence-electron chi connectivity index (χ1n) is 13.1. The third-order valence-electron chi connectivity index (χ3n) is 7.78. The number of carbonyl (C=O) groups excluding carboxylic acids is 1. The molecule has 1 unspecified atom stereocenters. The van der Waals surface area contributed by atoms with E-state index in [0.717, 1.165) is 41.5 Å². The first-order valence-corrected chi connectivity index (χ1v) is 13.1. The Balaban J connectivity index is 0.00000308. The largest absolute Gasteiger partial charge is 1.00 e. The van der Waals surface area contributed by atoms with E-state index in [1.165, 1.54) is 12.1 Å². The Morgan fingerprint density at radius 3 is 2.46 bits per heavy atom. The van der Waals surface area contributed by atoms with Gasteiger partial charge in [-0.15, -0.1) is 0 Å². The summed E-state index contributed by atoms with van der Waals surface area (Å²) in [6.07, 6.45) is 1.76. The molecule has 202 valence electrons. The van der Waals surface area contributed by atoms with E-state index in [4.69, 9.17) is 9.26 Å². The second-order valence-electron chi connectivity index (χ2n) is 10.3. The van der Waals surface area contributed by atoms with Gasteiger partial charge in [-0.3, -0.25) is 0 Å². The van der Waals surface area contributed by atoms with Crippen LogP contribution < -0.4 is 17.7 Å². The number of carbonyl (C=O) groups is 1. The molecule has 1 N–H and O–H groups in total. The molecule has 7 rings (SSSR count). The molecule has 2 bridgehead atoms. The van der Waals surface area contributed by atoms with Gasteiger partial charge >= 0.3 is 5.97 Å². The number of rotatable bonds is 8. The number of benzene rings is 3. The Bertz CT molecular complexity index is 1390. The number of fused-ring (bicyclic) bond motifs is 3. The lowest BCUT2D eigenvalue weighted by atomic mass is 9.83. The number of nitrogens with zero attached hydrogens (tertiary/aromatic N) is 3. The van der Waals surface area contributed by atoms with Crippen molar-refractivity contribution in [3.63, 3.8) is 0 Å². The van der Waals surface area contributed by atoms with Crippen LogP contribution in [-0.2, 0) is 16.1 Å². The van der Waals surface area contributed by atoms with Crippen molar-refractivity contribution in [2.45, 2.75) is 31.5 Å². The average molecular weight is 549 g/mol. The van der Waals surface area contributed by atoms with Gasteiger partial charge in [-0.2, -0.15) is 4.98 Å². The van der Waals surface area contributed by atoms with Crippen LogP contribution >= 0.6 is 0 Å². The number of halogens is 2. The van der Waals surface area contributed by atoms with Crippen LogP contribution in [0.5, 0.6) is 0 Å². The summed E-state index contributed by atoms with van der Waals surface area (Å²) in [5.41, 5.74) is 2.19. The Morgan fingerprint density at radius 2 is 1.74 bits per heavy atom. The molecule has 3 saturated heterocycles. The summed E-state index contributed by atoms with van der Waals surface area (Å²) in [7, 11) is 0. The number of aromatic nitrogens is 2. The Hall–Kier alpha value is -3.75. The second kappa shape index (κ2) is 11.6. The van der Waals surface area contributed by atoms with E-state index in [-0.39, 0.29) is 30.3 Å². The quantitative estimate of drug-likeness (QED) is 0.269. The lowest BCUT2D eigenvalue weighted by molar-refractivity contribution is -0.958. The van der Waals surface area contributed by atoms with E-state index < -0.39 is 6.04 Å². The number of ether oxygens (including phenoxy) is 1. The van der Waals surface area contributed by atoms with E-state index in [1.807, 2.05) is 60.7 Å². The molecule has 4 heterocycles. The Morgan fingerprint density at radius 1 is 1.03 bits per heavy atom. The monoisotopic (exact) mass is 548 g/mol. The molecule has 1 aromatic heterocycles. The van der Waals surface area contributed by atoms with Crippen LogP contribution in [0, 0.1) is 11.7 Å². The molecule has 3 fully saturated rings. The first kappa shape index (κ1) is 26.8. The third kappa shape index (κ3) is 5.97. The second-order valence-corrected chi connectivity index (χ2v) is 10.3. The summed E-state index contributed by atoms with van der Waals surface area (Å²) in [6.45, 7) is 3.35. The minimum Gasteiger partial charge on any atom is -1.00 e. The van der Waals surface area contributed by atoms with Gasteiger partial charge in [0.15, 0.2) is 12.1 Å². The minimum atomic E-state index is -0.743. The van der Waals surface area contributed by atoms with E-state index in [0.29, 0.717) is 36.4 Å². The molecule has 7 nitrogen and oxygen atoms in total. The number of nitrogens with one attached hydrogen (secondary N) is 1. The smallest absolute Gasteiger partial charge is 0.333 e. The number of hydrogen-bond donors (Lipinski definition) is 1. The highest BCUT2D eigenvalue weighted by atomic mass is 35.5. The zero-order valence-corrected chi connectivity index (χ0v) is 22.1. The summed E-state index contributed by atoms with van der Waals surface area (Å²) >= 11 is 0. The van der Waals surface area contributed by atoms with Crippen LogP contribution in [0.2, 0.25) is 0 Å². The van der Waals surface area contributed by atoms with E-state index in [2.05, 4.69) is 15.5 Å². The first-order chi connectivity index (χ1) is 18.6. The highest BCUT2D eigenvalue weighted by Gasteiger charge is 2.48. The third-order valence-corrected chi connectivity index (χ3v) is 7.78. The van der Waals surface area contributed by atoms with Crippen molar-refractivity contribution in [3.8, 4) is 11.5 Å². The van der Waals surface area contributed by atoms with Crippen molar-refractivity contribution in [2.24, 2.45) is 5.92 Å². The fourth-order valence-electron chi connectivity index (χ4n) is 5.78. The fourth-order valence-corrected chi connectivity index (χ4v) is 5.78. The summed E-state index contributed by atoms with van der Waals surface area (Å²) in [5, 5.41) is 7.44. The number of hydrogen-bond acceptors (Lipinski definition) is 6. The lowest BCUT2D eigenvalue weighted by Gasteiger charge is -2.51.